The van der Waals surface area contributed by atoms with E-state index in [2.05, 4.69) is 27.5 Å². The molecule has 0 fully saturated rings. The molecule has 0 spiro atoms. The zero-order valence-electron chi connectivity index (χ0n) is 16.7. The summed E-state index contributed by atoms with van der Waals surface area (Å²) < 4.78 is 10.9. The van der Waals surface area contributed by atoms with E-state index in [1.807, 2.05) is 13.8 Å². The first-order valence-electron chi connectivity index (χ1n) is 8.92. The monoisotopic (exact) mass is 378 g/mol. The maximum atomic E-state index is 11.8. The van der Waals surface area contributed by atoms with Gasteiger partial charge in [-0.2, -0.15) is 0 Å². The van der Waals surface area contributed by atoms with Crippen LogP contribution in [0.5, 0.6) is 5.88 Å². The number of anilines is 1. The lowest BCUT2D eigenvalue weighted by molar-refractivity contribution is 0.0501. The summed E-state index contributed by atoms with van der Waals surface area (Å²) in [6, 6.07) is 1.70. The second-order valence-electron chi connectivity index (χ2n) is 6.85. The molecular weight excluding hydrogens is 348 g/mol. The number of allylic oxidation sites excluding steroid dienone is 1. The highest BCUT2D eigenvalue weighted by atomic mass is 16.6. The molecule has 1 aliphatic heterocycles. The molecule has 2 rings (SSSR count). The Morgan fingerprint density at radius 3 is 2.70 bits per heavy atom. The van der Waals surface area contributed by atoms with Crippen molar-refractivity contribution in [2.75, 3.05) is 25.0 Å². The number of hydrogen-bond acceptors (Lipinski definition) is 6. The molecular formula is C19H30N4O4. The van der Waals surface area contributed by atoms with E-state index in [0.717, 1.165) is 0 Å². The van der Waals surface area contributed by atoms with Crippen molar-refractivity contribution in [1.82, 2.24) is 15.6 Å². The Morgan fingerprint density at radius 1 is 1.44 bits per heavy atom. The van der Waals surface area contributed by atoms with Gasteiger partial charge in [0.1, 0.15) is 11.7 Å². The van der Waals surface area contributed by atoms with Gasteiger partial charge in [-0.05, 0) is 40.7 Å². The average molecular weight is 378 g/mol. The van der Waals surface area contributed by atoms with E-state index in [1.165, 1.54) is 6.20 Å². The predicted molar refractivity (Wildman–Crippen MR) is 105 cm³/mol. The summed E-state index contributed by atoms with van der Waals surface area (Å²) >= 11 is 0. The molecule has 0 saturated carbocycles. The SMILES string of the molecule is C=CC.CCNC(=O)c1cnc2c(c1)NCC(CNC(=O)OC(C)(C)C)O2. The van der Waals surface area contributed by atoms with Crippen molar-refractivity contribution in [2.24, 2.45) is 0 Å². The van der Waals surface area contributed by atoms with Crippen molar-refractivity contribution in [3.63, 3.8) is 0 Å². The van der Waals surface area contributed by atoms with Crippen molar-refractivity contribution < 1.29 is 19.1 Å². The Bertz CT molecular complexity index is 656. The highest BCUT2D eigenvalue weighted by Gasteiger charge is 2.23. The van der Waals surface area contributed by atoms with Gasteiger partial charge in [-0.15, -0.1) is 6.58 Å². The second kappa shape index (κ2) is 10.4. The third-order valence-electron chi connectivity index (χ3n) is 3.12. The fourth-order valence-corrected chi connectivity index (χ4v) is 2.11. The molecule has 3 N–H and O–H groups in total. The number of carbonyl (C=O) groups excluding carboxylic acids is 2. The molecule has 0 bridgehead atoms. The minimum absolute atomic E-state index is 0.177. The number of pyridine rings is 1. The number of fused-ring (bicyclic) bond motifs is 1. The van der Waals surface area contributed by atoms with Gasteiger partial charge in [-0.1, -0.05) is 6.08 Å². The van der Waals surface area contributed by atoms with Crippen LogP contribution in [0.3, 0.4) is 0 Å². The Morgan fingerprint density at radius 2 is 2.11 bits per heavy atom. The Labute approximate surface area is 160 Å². The van der Waals surface area contributed by atoms with Crippen LogP contribution in [-0.4, -0.2) is 48.3 Å². The van der Waals surface area contributed by atoms with E-state index in [1.54, 1.807) is 32.9 Å². The third-order valence-corrected chi connectivity index (χ3v) is 3.12. The van der Waals surface area contributed by atoms with Gasteiger partial charge in [-0.25, -0.2) is 9.78 Å². The lowest BCUT2D eigenvalue weighted by Gasteiger charge is -2.27. The number of nitrogens with zero attached hydrogens (tertiary/aromatic N) is 1. The lowest BCUT2D eigenvalue weighted by atomic mass is 10.2. The zero-order valence-corrected chi connectivity index (χ0v) is 16.7. The van der Waals surface area contributed by atoms with Gasteiger partial charge in [0.25, 0.3) is 5.91 Å². The summed E-state index contributed by atoms with van der Waals surface area (Å²) in [5.74, 6) is 0.230. The van der Waals surface area contributed by atoms with Crippen LogP contribution in [0.1, 0.15) is 45.0 Å². The number of hydrogen-bond donors (Lipinski definition) is 3. The normalized spacial score (nSPS) is 14.9. The quantitative estimate of drug-likeness (QED) is 0.697. The van der Waals surface area contributed by atoms with Crippen molar-refractivity contribution >= 4 is 17.7 Å². The fourth-order valence-electron chi connectivity index (χ4n) is 2.11. The summed E-state index contributed by atoms with van der Waals surface area (Å²) in [7, 11) is 0. The van der Waals surface area contributed by atoms with Crippen LogP contribution in [0.25, 0.3) is 0 Å². The van der Waals surface area contributed by atoms with E-state index in [9.17, 15) is 9.59 Å². The molecule has 1 unspecified atom stereocenters. The van der Waals surface area contributed by atoms with E-state index in [4.69, 9.17) is 9.47 Å². The summed E-state index contributed by atoms with van der Waals surface area (Å²) in [4.78, 5) is 27.6. The molecule has 1 aromatic heterocycles. The van der Waals surface area contributed by atoms with Crippen molar-refractivity contribution in [3.8, 4) is 5.88 Å². The maximum absolute atomic E-state index is 11.8. The highest BCUT2D eigenvalue weighted by molar-refractivity contribution is 5.95. The van der Waals surface area contributed by atoms with Crippen molar-refractivity contribution in [3.05, 3.63) is 30.5 Å². The molecule has 2 amide bonds. The van der Waals surface area contributed by atoms with E-state index in [0.29, 0.717) is 36.8 Å². The van der Waals surface area contributed by atoms with Gasteiger partial charge in [0.2, 0.25) is 5.88 Å². The minimum atomic E-state index is -0.542. The highest BCUT2D eigenvalue weighted by Crippen LogP contribution is 2.27. The number of amides is 2. The van der Waals surface area contributed by atoms with Gasteiger partial charge in [-0.3, -0.25) is 4.79 Å². The van der Waals surface area contributed by atoms with Crippen molar-refractivity contribution in [2.45, 2.75) is 46.3 Å². The zero-order chi connectivity index (χ0) is 20.4. The third kappa shape index (κ3) is 7.98. The number of nitrogens with one attached hydrogen (secondary N) is 3. The van der Waals surface area contributed by atoms with Gasteiger partial charge >= 0.3 is 6.09 Å². The Hall–Kier alpha value is -2.77. The average Bonchev–Trinajstić information content (AvgIpc) is 2.59. The van der Waals surface area contributed by atoms with Crippen LogP contribution in [-0.2, 0) is 4.74 Å². The van der Waals surface area contributed by atoms with Gasteiger partial charge in [0, 0.05) is 12.7 Å². The van der Waals surface area contributed by atoms with E-state index >= 15 is 0 Å². The molecule has 1 atom stereocenters. The predicted octanol–water partition coefficient (Wildman–Crippen LogP) is 2.72. The topological polar surface area (TPSA) is 102 Å². The molecule has 150 valence electrons. The second-order valence-corrected chi connectivity index (χ2v) is 6.85. The number of carbonyl (C=O) groups is 2. The van der Waals surface area contributed by atoms with Gasteiger partial charge < -0.3 is 25.4 Å². The molecule has 0 aromatic carbocycles. The first-order chi connectivity index (χ1) is 12.7. The smallest absolute Gasteiger partial charge is 0.407 e. The molecule has 1 aromatic rings. The molecule has 1 aliphatic rings. The van der Waals surface area contributed by atoms with Crippen molar-refractivity contribution in [1.29, 1.82) is 0 Å². The first kappa shape index (κ1) is 22.3. The number of ether oxygens (including phenoxy) is 2. The molecule has 27 heavy (non-hydrogen) atoms. The number of aromatic nitrogens is 1. The Balaban J connectivity index is 0.00000114. The molecule has 0 saturated heterocycles. The van der Waals surface area contributed by atoms with Crippen LogP contribution in [0.4, 0.5) is 10.5 Å². The Kier molecular flexibility index (Phi) is 8.58. The summed E-state index contributed by atoms with van der Waals surface area (Å²) in [6.45, 7) is 13.9. The molecule has 0 aliphatic carbocycles. The van der Waals surface area contributed by atoms with E-state index < -0.39 is 11.7 Å². The summed E-state index contributed by atoms with van der Waals surface area (Å²) in [5.41, 5.74) is 0.587. The molecule has 2 heterocycles. The lowest BCUT2D eigenvalue weighted by Crippen LogP contribution is -2.43. The number of alkyl carbamates (subject to hydrolysis) is 1. The van der Waals surface area contributed by atoms with Crippen LogP contribution in [0.15, 0.2) is 24.9 Å². The van der Waals surface area contributed by atoms with Gasteiger partial charge in [0.15, 0.2) is 0 Å². The summed E-state index contributed by atoms with van der Waals surface area (Å²) in [5, 5.41) is 8.55. The molecule has 0 radical (unpaired) electrons. The standard InChI is InChI=1S/C16H24N4O4.C3H6/c1-5-17-13(21)10-6-12-14(19-7-10)23-11(8-18-12)9-20-15(22)24-16(2,3)4;1-3-2/h6-7,11,18H,5,8-9H2,1-4H3,(H,17,21)(H,20,22);3H,1H2,2H3. The van der Waals surface area contributed by atoms with Crippen LogP contribution < -0.4 is 20.7 Å². The molecule has 8 nitrogen and oxygen atoms in total. The maximum Gasteiger partial charge on any atom is 0.407 e. The largest absolute Gasteiger partial charge is 0.469 e. The number of rotatable bonds is 4. The minimum Gasteiger partial charge on any atom is -0.469 e. The molecule has 8 heteroatoms. The summed E-state index contributed by atoms with van der Waals surface area (Å²) in [6.07, 6.45) is 2.46. The first-order valence-corrected chi connectivity index (χ1v) is 8.92. The van der Waals surface area contributed by atoms with Crippen LogP contribution >= 0.6 is 0 Å². The fraction of sp³-hybridized carbons (Fsp3) is 0.526. The van der Waals surface area contributed by atoms with E-state index in [-0.39, 0.29) is 12.0 Å². The van der Waals surface area contributed by atoms with Crippen LogP contribution in [0.2, 0.25) is 0 Å². The van der Waals surface area contributed by atoms with Crippen LogP contribution in [0, 0.1) is 0 Å². The van der Waals surface area contributed by atoms with Gasteiger partial charge in [0.05, 0.1) is 24.3 Å².